The third-order valence-corrected chi connectivity index (χ3v) is 2.09. The second-order valence-electron chi connectivity index (χ2n) is 3.11. The third-order valence-electron chi connectivity index (χ3n) is 2.09. The van der Waals surface area contributed by atoms with E-state index in [9.17, 15) is 9.59 Å². The number of likely N-dealkylation sites (tertiary alicyclic amines) is 1. The molecule has 1 unspecified atom stereocenters. The zero-order valence-electron chi connectivity index (χ0n) is 8.16. The molecule has 1 rings (SSSR count). The number of esters is 1. The van der Waals surface area contributed by atoms with Crippen LogP contribution in [0.1, 0.15) is 13.3 Å². The van der Waals surface area contributed by atoms with Gasteiger partial charge in [-0.05, 0) is 13.0 Å². The highest BCUT2D eigenvalue weighted by Crippen LogP contribution is 2.22. The summed E-state index contributed by atoms with van der Waals surface area (Å²) < 4.78 is 4.73. The molecule has 4 heteroatoms. The van der Waals surface area contributed by atoms with Gasteiger partial charge in [0, 0.05) is 13.5 Å². The number of carbonyl (C=O) groups is 2. The van der Waals surface area contributed by atoms with Crippen molar-refractivity contribution in [3.63, 3.8) is 0 Å². The van der Waals surface area contributed by atoms with Crippen molar-refractivity contribution in [3.05, 3.63) is 25.1 Å². The molecular formula is C10H13NO3. The van der Waals surface area contributed by atoms with Crippen LogP contribution >= 0.6 is 0 Å². The highest BCUT2D eigenvalue weighted by atomic mass is 16.5. The summed E-state index contributed by atoms with van der Waals surface area (Å²) in [6.07, 6.45) is 2.30. The smallest absolute Gasteiger partial charge is 0.309 e. The van der Waals surface area contributed by atoms with Crippen molar-refractivity contribution >= 4 is 11.9 Å². The Balaban J connectivity index is 2.63. The van der Waals surface area contributed by atoms with Crippen LogP contribution in [-0.2, 0) is 14.3 Å². The Morgan fingerprint density at radius 2 is 2.36 bits per heavy atom. The maximum Gasteiger partial charge on any atom is 0.309 e. The van der Waals surface area contributed by atoms with Crippen LogP contribution in [0.2, 0.25) is 0 Å². The van der Waals surface area contributed by atoms with Gasteiger partial charge in [0.2, 0.25) is 5.91 Å². The van der Waals surface area contributed by atoms with Crippen LogP contribution in [0, 0.1) is 5.92 Å². The molecule has 1 atom stereocenters. The summed E-state index contributed by atoms with van der Waals surface area (Å²) in [5, 5.41) is 0. The van der Waals surface area contributed by atoms with Gasteiger partial charge >= 0.3 is 5.97 Å². The van der Waals surface area contributed by atoms with Gasteiger partial charge in [-0.3, -0.25) is 14.5 Å². The molecular weight excluding hydrogens is 182 g/mol. The number of hydrogen-bond acceptors (Lipinski definition) is 3. The van der Waals surface area contributed by atoms with Crippen molar-refractivity contribution in [1.29, 1.82) is 0 Å². The number of nitrogens with zero attached hydrogens (tertiary/aromatic N) is 1. The van der Waals surface area contributed by atoms with Gasteiger partial charge in [0.15, 0.2) is 5.88 Å². The Kier molecular flexibility index (Phi) is 3.06. The molecule has 0 N–H and O–H groups in total. The van der Waals surface area contributed by atoms with E-state index in [0.29, 0.717) is 13.0 Å². The molecule has 0 bridgehead atoms. The van der Waals surface area contributed by atoms with Gasteiger partial charge in [-0.1, -0.05) is 6.08 Å². The predicted octanol–water partition coefficient (Wildman–Crippen LogP) is 1.06. The molecule has 0 aromatic heterocycles. The topological polar surface area (TPSA) is 46.6 Å². The minimum Gasteiger partial charge on any atom is -0.410 e. The molecule has 0 aromatic carbocycles. The fourth-order valence-corrected chi connectivity index (χ4v) is 1.39. The zero-order chi connectivity index (χ0) is 10.7. The number of amides is 1. The van der Waals surface area contributed by atoms with Gasteiger partial charge < -0.3 is 4.74 Å². The van der Waals surface area contributed by atoms with Crippen molar-refractivity contribution in [3.8, 4) is 0 Å². The van der Waals surface area contributed by atoms with Crippen LogP contribution in [0.4, 0.5) is 0 Å². The molecule has 0 saturated carbocycles. The monoisotopic (exact) mass is 195 g/mol. The minimum absolute atomic E-state index is 0.104. The van der Waals surface area contributed by atoms with Crippen LogP contribution < -0.4 is 0 Å². The molecule has 0 aromatic rings. The van der Waals surface area contributed by atoms with E-state index in [4.69, 9.17) is 4.74 Å². The Morgan fingerprint density at radius 3 is 2.79 bits per heavy atom. The predicted molar refractivity (Wildman–Crippen MR) is 50.9 cm³/mol. The average Bonchev–Trinajstić information content (AvgIpc) is 2.45. The quantitative estimate of drug-likeness (QED) is 0.384. The fraction of sp³-hybridized carbons (Fsp3) is 0.400. The maximum atomic E-state index is 11.6. The van der Waals surface area contributed by atoms with Crippen molar-refractivity contribution in [2.24, 2.45) is 5.92 Å². The highest BCUT2D eigenvalue weighted by Gasteiger charge is 2.31. The molecule has 1 saturated heterocycles. The largest absolute Gasteiger partial charge is 0.410 e. The van der Waals surface area contributed by atoms with Crippen LogP contribution in [0.15, 0.2) is 25.1 Å². The lowest BCUT2D eigenvalue weighted by atomic mass is 10.1. The van der Waals surface area contributed by atoms with E-state index in [1.165, 1.54) is 11.8 Å². The van der Waals surface area contributed by atoms with Crippen molar-refractivity contribution in [2.75, 3.05) is 6.54 Å². The summed E-state index contributed by atoms with van der Waals surface area (Å²) in [6, 6.07) is 0. The standard InChI is InChI=1S/C10H13NO3/c1-4-9-5-6-11(10(9)13)7(2)14-8(3)12/h4,9H,1-2,5-6H2,3H3. The summed E-state index contributed by atoms with van der Waals surface area (Å²) in [7, 11) is 0. The van der Waals surface area contributed by atoms with E-state index >= 15 is 0 Å². The van der Waals surface area contributed by atoms with E-state index in [-0.39, 0.29) is 17.7 Å². The Morgan fingerprint density at radius 1 is 1.71 bits per heavy atom. The molecule has 76 valence electrons. The first-order valence-corrected chi connectivity index (χ1v) is 4.37. The lowest BCUT2D eigenvalue weighted by Crippen LogP contribution is -2.27. The third kappa shape index (κ3) is 2.02. The van der Waals surface area contributed by atoms with Gasteiger partial charge in [0.05, 0.1) is 5.92 Å². The SMILES string of the molecule is C=CC1CCN(C(=C)OC(C)=O)C1=O. The van der Waals surface area contributed by atoms with Gasteiger partial charge in [0.1, 0.15) is 0 Å². The maximum absolute atomic E-state index is 11.6. The minimum atomic E-state index is -0.468. The second-order valence-corrected chi connectivity index (χ2v) is 3.11. The molecule has 1 heterocycles. The van der Waals surface area contributed by atoms with Crippen LogP contribution in [0.3, 0.4) is 0 Å². The molecule has 0 aliphatic carbocycles. The Hall–Kier alpha value is -1.58. The molecule has 1 fully saturated rings. The van der Waals surface area contributed by atoms with Crippen LogP contribution in [0.5, 0.6) is 0 Å². The first kappa shape index (κ1) is 10.5. The molecule has 1 aliphatic heterocycles. The van der Waals surface area contributed by atoms with Gasteiger partial charge in [0.25, 0.3) is 0 Å². The fourth-order valence-electron chi connectivity index (χ4n) is 1.39. The molecule has 0 radical (unpaired) electrons. The molecule has 1 amide bonds. The van der Waals surface area contributed by atoms with E-state index in [2.05, 4.69) is 13.2 Å². The number of hydrogen-bond donors (Lipinski definition) is 0. The highest BCUT2D eigenvalue weighted by molar-refractivity contribution is 5.84. The molecule has 4 nitrogen and oxygen atoms in total. The summed E-state index contributed by atoms with van der Waals surface area (Å²) in [6.45, 7) is 8.89. The van der Waals surface area contributed by atoms with Gasteiger partial charge in [-0.15, -0.1) is 6.58 Å². The molecule has 1 aliphatic rings. The molecule has 14 heavy (non-hydrogen) atoms. The second kappa shape index (κ2) is 4.09. The number of rotatable bonds is 3. The Labute approximate surface area is 82.8 Å². The summed E-state index contributed by atoms with van der Waals surface area (Å²) in [5.41, 5.74) is 0. The first-order chi connectivity index (χ1) is 6.56. The normalized spacial score (nSPS) is 20.8. The van der Waals surface area contributed by atoms with E-state index in [1.807, 2.05) is 0 Å². The van der Waals surface area contributed by atoms with Crippen molar-refractivity contribution in [2.45, 2.75) is 13.3 Å². The lowest BCUT2D eigenvalue weighted by molar-refractivity contribution is -0.141. The van der Waals surface area contributed by atoms with Crippen molar-refractivity contribution in [1.82, 2.24) is 4.90 Å². The summed E-state index contributed by atoms with van der Waals surface area (Å²) in [5.74, 6) is -0.648. The van der Waals surface area contributed by atoms with Gasteiger partial charge in [-0.2, -0.15) is 0 Å². The molecule has 0 spiro atoms. The summed E-state index contributed by atoms with van der Waals surface area (Å²) >= 11 is 0. The Bertz CT molecular complexity index is 296. The lowest BCUT2D eigenvalue weighted by Gasteiger charge is -2.17. The van der Waals surface area contributed by atoms with Crippen LogP contribution in [0.25, 0.3) is 0 Å². The van der Waals surface area contributed by atoms with Crippen LogP contribution in [-0.4, -0.2) is 23.3 Å². The average molecular weight is 195 g/mol. The van der Waals surface area contributed by atoms with Crippen molar-refractivity contribution < 1.29 is 14.3 Å². The number of carbonyl (C=O) groups excluding carboxylic acids is 2. The van der Waals surface area contributed by atoms with E-state index in [1.54, 1.807) is 6.08 Å². The van der Waals surface area contributed by atoms with E-state index < -0.39 is 5.97 Å². The van der Waals surface area contributed by atoms with E-state index in [0.717, 1.165) is 0 Å². The van der Waals surface area contributed by atoms with Gasteiger partial charge in [-0.25, -0.2) is 0 Å². The summed E-state index contributed by atoms with van der Waals surface area (Å²) in [4.78, 5) is 23.6. The first-order valence-electron chi connectivity index (χ1n) is 4.37. The number of ether oxygens (including phenoxy) is 1. The zero-order valence-corrected chi connectivity index (χ0v) is 8.16.